The minimum atomic E-state index is -3.86. The second-order valence-corrected chi connectivity index (χ2v) is 8.38. The Morgan fingerprint density at radius 3 is 2.67 bits per heavy atom. The van der Waals surface area contributed by atoms with Crippen molar-refractivity contribution in [2.75, 3.05) is 13.2 Å². The van der Waals surface area contributed by atoms with Gasteiger partial charge in [0.15, 0.2) is 0 Å². The van der Waals surface area contributed by atoms with Gasteiger partial charge in [0, 0.05) is 35.1 Å². The number of aromatic amines is 2. The number of hydrogen-bond acceptors (Lipinski definition) is 5. The van der Waals surface area contributed by atoms with Gasteiger partial charge in [0.1, 0.15) is 5.52 Å². The predicted octanol–water partition coefficient (Wildman–Crippen LogP) is 0.853. The summed E-state index contributed by atoms with van der Waals surface area (Å²) in [6, 6.07) is 4.07. The van der Waals surface area contributed by atoms with Gasteiger partial charge in [-0.25, -0.2) is 13.2 Å². The van der Waals surface area contributed by atoms with E-state index >= 15 is 0 Å². The van der Waals surface area contributed by atoms with Gasteiger partial charge >= 0.3 is 5.97 Å². The lowest BCUT2D eigenvalue weighted by Crippen LogP contribution is -2.35. The lowest BCUT2D eigenvalue weighted by Gasteiger charge is -2.21. The Kier molecular flexibility index (Phi) is 4.06. The van der Waals surface area contributed by atoms with Gasteiger partial charge < -0.3 is 20.2 Å². The van der Waals surface area contributed by atoms with Crippen molar-refractivity contribution in [1.29, 1.82) is 0 Å². The van der Waals surface area contributed by atoms with E-state index in [-0.39, 0.29) is 40.6 Å². The van der Waals surface area contributed by atoms with Crippen LogP contribution in [0.1, 0.15) is 23.2 Å². The van der Waals surface area contributed by atoms with Crippen molar-refractivity contribution < 1.29 is 23.4 Å². The Bertz CT molecular complexity index is 1220. The van der Waals surface area contributed by atoms with Crippen molar-refractivity contribution in [3.63, 3.8) is 0 Å². The molecule has 4 N–H and O–H groups in total. The highest BCUT2D eigenvalue weighted by Crippen LogP contribution is 2.33. The van der Waals surface area contributed by atoms with E-state index in [0.29, 0.717) is 10.9 Å². The maximum Gasteiger partial charge on any atom is 0.337 e. The molecule has 0 radical (unpaired) electrons. The summed E-state index contributed by atoms with van der Waals surface area (Å²) >= 11 is 0. The van der Waals surface area contributed by atoms with Crippen LogP contribution in [0.4, 0.5) is 0 Å². The van der Waals surface area contributed by atoms with Crippen LogP contribution in [-0.4, -0.2) is 58.1 Å². The number of aliphatic hydroxyl groups excluding tert-OH is 1. The first-order chi connectivity index (χ1) is 12.8. The third-order valence-corrected chi connectivity index (χ3v) is 6.68. The van der Waals surface area contributed by atoms with Crippen LogP contribution >= 0.6 is 0 Å². The number of nitrogens with one attached hydrogen (secondary N) is 2. The van der Waals surface area contributed by atoms with E-state index in [4.69, 9.17) is 0 Å². The fraction of sp³-hybridized carbons (Fsp3) is 0.294. The van der Waals surface area contributed by atoms with E-state index in [1.807, 2.05) is 0 Å². The zero-order valence-corrected chi connectivity index (χ0v) is 14.9. The van der Waals surface area contributed by atoms with Gasteiger partial charge in [-0.3, -0.25) is 4.79 Å². The molecule has 10 heteroatoms. The third kappa shape index (κ3) is 2.82. The molecule has 0 unspecified atom stereocenters. The van der Waals surface area contributed by atoms with E-state index in [1.54, 1.807) is 0 Å². The molecule has 27 heavy (non-hydrogen) atoms. The Labute approximate surface area is 153 Å². The predicted molar refractivity (Wildman–Crippen MR) is 97.4 cm³/mol. The summed E-state index contributed by atoms with van der Waals surface area (Å²) in [5.41, 5.74) is -0.178. The third-order valence-electron chi connectivity index (χ3n) is 4.73. The number of rotatable bonds is 6. The molecule has 1 aliphatic carbocycles. The average Bonchev–Trinajstić information content (AvgIpc) is 3.35. The number of carbonyl (C=O) groups is 1. The largest absolute Gasteiger partial charge is 0.478 e. The van der Waals surface area contributed by atoms with Gasteiger partial charge in [0.2, 0.25) is 10.0 Å². The molecule has 2 aromatic heterocycles. The highest BCUT2D eigenvalue weighted by Gasteiger charge is 2.37. The average molecular weight is 391 g/mol. The lowest BCUT2D eigenvalue weighted by molar-refractivity contribution is 0.0699. The summed E-state index contributed by atoms with van der Waals surface area (Å²) in [5.74, 6) is -1.22. The number of aromatic nitrogens is 2. The number of nitrogens with zero attached hydrogens (tertiary/aromatic N) is 1. The number of aromatic carboxylic acids is 1. The SMILES string of the molecule is O=C(O)c1c[nH]c2c(=O)[nH]c3ccc(S(=O)(=O)N(CCO)C4CC4)cc3c12. The maximum atomic E-state index is 13.0. The summed E-state index contributed by atoms with van der Waals surface area (Å²) in [7, 11) is -3.86. The van der Waals surface area contributed by atoms with Crippen LogP contribution in [0.2, 0.25) is 0 Å². The number of carboxylic acids is 1. The molecule has 142 valence electrons. The summed E-state index contributed by atoms with van der Waals surface area (Å²) in [6.45, 7) is -0.293. The molecule has 0 atom stereocenters. The van der Waals surface area contributed by atoms with Crippen molar-refractivity contribution in [2.45, 2.75) is 23.8 Å². The number of benzene rings is 1. The maximum absolute atomic E-state index is 13.0. The standard InChI is InChI=1S/C17H17N3O6S/c21-6-5-20(9-1-2-9)27(25,26)10-3-4-13-11(7-10)14-12(17(23)24)8-18-15(14)16(22)19-13/h3-4,7-9,18,21H,1-2,5-6H2,(H,19,22)(H,23,24). The van der Waals surface area contributed by atoms with Crippen molar-refractivity contribution in [3.05, 3.63) is 40.3 Å². The number of sulfonamides is 1. The number of hydrogen-bond donors (Lipinski definition) is 4. The van der Waals surface area contributed by atoms with Gasteiger partial charge in [0.25, 0.3) is 5.56 Å². The van der Waals surface area contributed by atoms with E-state index in [0.717, 1.165) is 12.8 Å². The minimum absolute atomic E-state index is 0.00337. The van der Waals surface area contributed by atoms with Gasteiger partial charge in [-0.1, -0.05) is 0 Å². The van der Waals surface area contributed by atoms with Crippen LogP contribution < -0.4 is 5.56 Å². The molecule has 3 aromatic rings. The molecule has 2 heterocycles. The van der Waals surface area contributed by atoms with Crippen LogP contribution in [0.15, 0.2) is 34.1 Å². The summed E-state index contributed by atoms with van der Waals surface area (Å²) in [4.78, 5) is 28.9. The summed E-state index contributed by atoms with van der Waals surface area (Å²) in [6.07, 6.45) is 2.70. The quantitative estimate of drug-likeness (QED) is 0.490. The number of carboxylic acid groups (broad SMARTS) is 1. The molecule has 9 nitrogen and oxygen atoms in total. The summed E-state index contributed by atoms with van der Waals surface area (Å²) in [5, 5.41) is 19.1. The van der Waals surface area contributed by atoms with Crippen LogP contribution in [0.5, 0.6) is 0 Å². The first-order valence-corrected chi connectivity index (χ1v) is 9.81. The van der Waals surface area contributed by atoms with Crippen LogP contribution in [0.3, 0.4) is 0 Å². The molecule has 4 rings (SSSR count). The number of H-pyrrole nitrogens is 2. The zero-order chi connectivity index (χ0) is 19.3. The van der Waals surface area contributed by atoms with E-state index in [1.165, 1.54) is 28.7 Å². The van der Waals surface area contributed by atoms with E-state index < -0.39 is 21.6 Å². The Morgan fingerprint density at radius 2 is 2.04 bits per heavy atom. The highest BCUT2D eigenvalue weighted by atomic mass is 32.2. The Hall–Kier alpha value is -2.69. The first-order valence-electron chi connectivity index (χ1n) is 8.37. The molecule has 1 aromatic carbocycles. The van der Waals surface area contributed by atoms with Crippen LogP contribution in [0.25, 0.3) is 21.8 Å². The molecular formula is C17H17N3O6S. The minimum Gasteiger partial charge on any atom is -0.478 e. The fourth-order valence-corrected chi connectivity index (χ4v) is 5.03. The van der Waals surface area contributed by atoms with Crippen molar-refractivity contribution in [2.24, 2.45) is 0 Å². The molecule has 1 aliphatic rings. The van der Waals surface area contributed by atoms with Crippen LogP contribution in [0, 0.1) is 0 Å². The van der Waals surface area contributed by atoms with Crippen molar-refractivity contribution in [1.82, 2.24) is 14.3 Å². The topological polar surface area (TPSA) is 144 Å². The molecular weight excluding hydrogens is 374 g/mol. The van der Waals surface area contributed by atoms with Gasteiger partial charge in [-0.15, -0.1) is 0 Å². The molecule has 0 saturated heterocycles. The molecule has 0 aliphatic heterocycles. The van der Waals surface area contributed by atoms with E-state index in [2.05, 4.69) is 9.97 Å². The smallest absolute Gasteiger partial charge is 0.337 e. The summed E-state index contributed by atoms with van der Waals surface area (Å²) < 4.78 is 27.3. The van der Waals surface area contributed by atoms with Gasteiger partial charge in [-0.2, -0.15) is 4.31 Å². The first kappa shape index (κ1) is 17.7. The number of aliphatic hydroxyl groups is 1. The van der Waals surface area contributed by atoms with Crippen LogP contribution in [-0.2, 0) is 10.0 Å². The zero-order valence-electron chi connectivity index (χ0n) is 14.1. The molecule has 0 amide bonds. The fourth-order valence-electron chi connectivity index (χ4n) is 3.33. The van der Waals surface area contributed by atoms with Gasteiger partial charge in [0.05, 0.1) is 17.1 Å². The molecule has 0 spiro atoms. The second kappa shape index (κ2) is 6.19. The second-order valence-electron chi connectivity index (χ2n) is 6.49. The highest BCUT2D eigenvalue weighted by molar-refractivity contribution is 7.89. The lowest BCUT2D eigenvalue weighted by atomic mass is 10.1. The number of fused-ring (bicyclic) bond motifs is 3. The molecule has 1 saturated carbocycles. The normalized spacial score (nSPS) is 15.0. The monoisotopic (exact) mass is 391 g/mol. The molecule has 1 fully saturated rings. The van der Waals surface area contributed by atoms with Gasteiger partial charge in [-0.05, 0) is 31.0 Å². The number of pyridine rings is 1. The Morgan fingerprint density at radius 1 is 1.30 bits per heavy atom. The Balaban J connectivity index is 1.97. The van der Waals surface area contributed by atoms with Crippen molar-refractivity contribution >= 4 is 37.8 Å². The van der Waals surface area contributed by atoms with E-state index in [9.17, 15) is 28.2 Å². The van der Waals surface area contributed by atoms with Crippen molar-refractivity contribution in [3.8, 4) is 0 Å². The molecule has 0 bridgehead atoms.